The summed E-state index contributed by atoms with van der Waals surface area (Å²) in [4.78, 5) is 41.6. The Morgan fingerprint density at radius 2 is 1.75 bits per heavy atom. The van der Waals surface area contributed by atoms with Crippen molar-refractivity contribution in [2.45, 2.75) is 11.8 Å². The van der Waals surface area contributed by atoms with E-state index in [0.29, 0.717) is 17.1 Å². The highest BCUT2D eigenvalue weighted by Crippen LogP contribution is 2.55. The van der Waals surface area contributed by atoms with Gasteiger partial charge in [-0.05, 0) is 42.8 Å². The number of carbonyl (C=O) groups excluding carboxylic acids is 3. The van der Waals surface area contributed by atoms with Crippen LogP contribution in [-0.4, -0.2) is 30.0 Å². The predicted molar refractivity (Wildman–Crippen MR) is 127 cm³/mol. The van der Waals surface area contributed by atoms with Crippen LogP contribution in [0.25, 0.3) is 0 Å². The van der Waals surface area contributed by atoms with Gasteiger partial charge in [-0.3, -0.25) is 24.2 Å². The molecule has 0 radical (unpaired) electrons. The topological polar surface area (TPSA) is 69.7 Å². The molecular weight excluding hydrogens is 422 g/mol. The molecule has 5 rings (SSSR count). The van der Waals surface area contributed by atoms with Gasteiger partial charge in [0.05, 0.1) is 11.4 Å². The van der Waals surface area contributed by atoms with Gasteiger partial charge in [-0.25, -0.2) is 0 Å². The molecular formula is C25H21N3O3S. The molecule has 1 N–H and O–H groups in total. The first-order valence-corrected chi connectivity index (χ1v) is 11.3. The summed E-state index contributed by atoms with van der Waals surface area (Å²) in [5.41, 5.74) is 3.76. The molecule has 0 aromatic heterocycles. The maximum atomic E-state index is 13.9. The van der Waals surface area contributed by atoms with Crippen LogP contribution in [0.5, 0.6) is 0 Å². The molecule has 7 heteroatoms. The molecule has 0 bridgehead atoms. The first-order chi connectivity index (χ1) is 15.5. The van der Waals surface area contributed by atoms with Crippen LogP contribution in [0, 0.1) is 6.92 Å². The highest BCUT2D eigenvalue weighted by molar-refractivity contribution is 8.02. The summed E-state index contributed by atoms with van der Waals surface area (Å²) in [6, 6.07) is 24.1. The number of amides is 3. The summed E-state index contributed by atoms with van der Waals surface area (Å²) < 4.78 is 0. The average Bonchev–Trinajstić information content (AvgIpc) is 3.25. The predicted octanol–water partition coefficient (Wildman–Crippen LogP) is 3.91. The highest BCUT2D eigenvalue weighted by Gasteiger charge is 2.61. The second kappa shape index (κ2) is 7.84. The number of nitrogens with one attached hydrogen (secondary N) is 1. The van der Waals surface area contributed by atoms with Crippen molar-refractivity contribution in [2.75, 3.05) is 27.4 Å². The number of benzene rings is 3. The van der Waals surface area contributed by atoms with Gasteiger partial charge in [-0.2, -0.15) is 0 Å². The van der Waals surface area contributed by atoms with Gasteiger partial charge in [-0.15, -0.1) is 11.8 Å². The lowest BCUT2D eigenvalue weighted by Crippen LogP contribution is -2.50. The third kappa shape index (κ3) is 3.17. The summed E-state index contributed by atoms with van der Waals surface area (Å²) >= 11 is 1.30. The van der Waals surface area contributed by atoms with Gasteiger partial charge in [0.25, 0.3) is 5.91 Å². The first kappa shape index (κ1) is 20.3. The normalized spacial score (nSPS) is 19.5. The fourth-order valence-corrected chi connectivity index (χ4v) is 5.72. The molecule has 0 saturated carbocycles. The second-order valence-corrected chi connectivity index (χ2v) is 8.99. The van der Waals surface area contributed by atoms with Crippen LogP contribution in [0.3, 0.4) is 0 Å². The summed E-state index contributed by atoms with van der Waals surface area (Å²) in [7, 11) is 0. The van der Waals surface area contributed by atoms with Gasteiger partial charge in [0.2, 0.25) is 16.7 Å². The molecule has 1 atom stereocenters. The van der Waals surface area contributed by atoms with Crippen molar-refractivity contribution in [3.05, 3.63) is 90.0 Å². The van der Waals surface area contributed by atoms with Gasteiger partial charge in [-0.1, -0.05) is 48.5 Å². The molecule has 0 aliphatic carbocycles. The van der Waals surface area contributed by atoms with E-state index in [1.165, 1.54) is 16.7 Å². The molecule has 2 aliphatic rings. The fourth-order valence-electron chi connectivity index (χ4n) is 4.36. The molecule has 32 heavy (non-hydrogen) atoms. The molecule has 2 aliphatic heterocycles. The zero-order valence-corrected chi connectivity index (χ0v) is 18.3. The number of carbonyl (C=O) groups is 3. The number of hydrogen-bond donors (Lipinski definition) is 1. The van der Waals surface area contributed by atoms with Crippen LogP contribution in [0.2, 0.25) is 0 Å². The van der Waals surface area contributed by atoms with Crippen LogP contribution in [-0.2, 0) is 19.3 Å². The van der Waals surface area contributed by atoms with E-state index in [-0.39, 0.29) is 30.0 Å². The van der Waals surface area contributed by atoms with E-state index in [4.69, 9.17) is 0 Å². The Kier molecular flexibility index (Phi) is 4.98. The molecule has 0 unspecified atom stereocenters. The van der Waals surface area contributed by atoms with Crippen molar-refractivity contribution >= 4 is 46.5 Å². The minimum Gasteiger partial charge on any atom is -0.325 e. The van der Waals surface area contributed by atoms with Gasteiger partial charge >= 0.3 is 0 Å². The molecule has 3 aromatic rings. The Hall–Kier alpha value is -3.58. The van der Waals surface area contributed by atoms with E-state index in [1.54, 1.807) is 4.90 Å². The molecule has 6 nitrogen and oxygen atoms in total. The zero-order valence-electron chi connectivity index (χ0n) is 17.4. The lowest BCUT2D eigenvalue weighted by atomic mass is 10.0. The molecule has 3 aromatic carbocycles. The van der Waals surface area contributed by atoms with Crippen LogP contribution < -0.4 is 15.1 Å². The van der Waals surface area contributed by atoms with E-state index in [1.807, 2.05) is 85.8 Å². The quantitative estimate of drug-likeness (QED) is 0.664. The largest absolute Gasteiger partial charge is 0.325 e. The van der Waals surface area contributed by atoms with Crippen molar-refractivity contribution < 1.29 is 14.4 Å². The van der Waals surface area contributed by atoms with E-state index in [2.05, 4.69) is 5.32 Å². The SMILES string of the molecule is Cc1cccc(NC(=O)CN2C(=O)[C@]3(SCC(=O)N3c3ccccc3)c3ccccc32)c1. The maximum Gasteiger partial charge on any atom is 0.269 e. The second-order valence-electron chi connectivity index (χ2n) is 7.82. The number of nitrogens with zero attached hydrogens (tertiary/aromatic N) is 2. The van der Waals surface area contributed by atoms with Gasteiger partial charge < -0.3 is 5.32 Å². The van der Waals surface area contributed by atoms with Gasteiger partial charge in [0.15, 0.2) is 0 Å². The third-order valence-electron chi connectivity index (χ3n) is 5.68. The minimum absolute atomic E-state index is 0.129. The number of rotatable bonds is 4. The number of anilines is 3. The fraction of sp³-hybridized carbons (Fsp3) is 0.160. The Bertz CT molecular complexity index is 1230. The van der Waals surface area contributed by atoms with Gasteiger partial charge in [0, 0.05) is 16.9 Å². The van der Waals surface area contributed by atoms with E-state index in [0.717, 1.165) is 11.1 Å². The monoisotopic (exact) mass is 443 g/mol. The third-order valence-corrected chi connectivity index (χ3v) is 7.07. The van der Waals surface area contributed by atoms with Gasteiger partial charge in [0.1, 0.15) is 6.54 Å². The Morgan fingerprint density at radius 3 is 2.53 bits per heavy atom. The zero-order chi connectivity index (χ0) is 22.3. The Morgan fingerprint density at radius 1 is 1.00 bits per heavy atom. The van der Waals surface area contributed by atoms with Crippen LogP contribution in [0.1, 0.15) is 11.1 Å². The van der Waals surface area contributed by atoms with E-state index >= 15 is 0 Å². The molecule has 2 heterocycles. The average molecular weight is 444 g/mol. The molecule has 1 fully saturated rings. The first-order valence-electron chi connectivity index (χ1n) is 10.3. The van der Waals surface area contributed by atoms with Crippen LogP contribution >= 0.6 is 11.8 Å². The van der Waals surface area contributed by atoms with Crippen molar-refractivity contribution in [2.24, 2.45) is 0 Å². The number of para-hydroxylation sites is 2. The van der Waals surface area contributed by atoms with Crippen LogP contribution in [0.15, 0.2) is 78.9 Å². The standard InChI is InChI=1S/C25H21N3O3S/c1-17-8-7-9-18(14-17)26-22(29)15-27-21-13-6-5-12-20(21)25(24(27)31)28(23(30)16-32-25)19-10-3-2-4-11-19/h2-14H,15-16H2,1H3,(H,26,29)/t25-/m1/s1. The lowest BCUT2D eigenvalue weighted by Gasteiger charge is -2.33. The smallest absolute Gasteiger partial charge is 0.269 e. The molecule has 3 amide bonds. The Balaban J connectivity index is 1.51. The van der Waals surface area contributed by atoms with Crippen molar-refractivity contribution in [1.29, 1.82) is 0 Å². The summed E-state index contributed by atoms with van der Waals surface area (Å²) in [5.74, 6) is -0.511. The van der Waals surface area contributed by atoms with Crippen molar-refractivity contribution in [3.63, 3.8) is 0 Å². The number of thioether (sulfide) groups is 1. The van der Waals surface area contributed by atoms with Crippen LogP contribution in [0.4, 0.5) is 17.1 Å². The molecule has 1 spiro atoms. The number of fused-ring (bicyclic) bond motifs is 2. The lowest BCUT2D eigenvalue weighted by molar-refractivity contribution is -0.124. The summed E-state index contributed by atoms with van der Waals surface area (Å²) in [6.07, 6.45) is 0. The molecule has 160 valence electrons. The highest BCUT2D eigenvalue weighted by atomic mass is 32.2. The number of hydrogen-bond acceptors (Lipinski definition) is 4. The Labute approximate surface area is 190 Å². The van der Waals surface area contributed by atoms with E-state index < -0.39 is 4.87 Å². The molecule has 1 saturated heterocycles. The number of aryl methyl sites for hydroxylation is 1. The maximum absolute atomic E-state index is 13.9. The summed E-state index contributed by atoms with van der Waals surface area (Å²) in [5, 5.41) is 2.87. The van der Waals surface area contributed by atoms with E-state index in [9.17, 15) is 14.4 Å². The van der Waals surface area contributed by atoms with Crippen molar-refractivity contribution in [1.82, 2.24) is 0 Å². The minimum atomic E-state index is -1.21. The summed E-state index contributed by atoms with van der Waals surface area (Å²) in [6.45, 7) is 1.81. The van der Waals surface area contributed by atoms with Crippen molar-refractivity contribution in [3.8, 4) is 0 Å².